The summed E-state index contributed by atoms with van der Waals surface area (Å²) in [4.78, 5) is 16.1. The van der Waals surface area contributed by atoms with Gasteiger partial charge in [0.05, 0.1) is 11.3 Å². The molecule has 0 fully saturated rings. The average Bonchev–Trinajstić information content (AvgIpc) is 2.28. The van der Waals surface area contributed by atoms with Crippen LogP contribution in [0, 0.1) is 6.92 Å². The normalized spacial score (nSPS) is 12.0. The van der Waals surface area contributed by atoms with E-state index in [0.717, 1.165) is 17.8 Å². The molecule has 0 saturated heterocycles. The van der Waals surface area contributed by atoms with Crippen LogP contribution in [0.15, 0.2) is 12.3 Å². The lowest BCUT2D eigenvalue weighted by atomic mass is 10.1. The highest BCUT2D eigenvalue weighted by atomic mass is 16.1. The van der Waals surface area contributed by atoms with E-state index in [1.54, 1.807) is 13.2 Å². The molecule has 1 rings (SSSR count). The maximum Gasteiger partial charge on any atom is 0.255 e. The molecule has 0 aliphatic rings. The zero-order chi connectivity index (χ0) is 12.1. The first kappa shape index (κ1) is 12.5. The summed E-state index contributed by atoms with van der Waals surface area (Å²) in [6.07, 6.45) is 2.53. The number of anilines is 1. The van der Waals surface area contributed by atoms with Gasteiger partial charge < -0.3 is 10.6 Å². The Bertz CT molecular complexity index is 377. The molecule has 2 N–H and O–H groups in total. The fourth-order valence-corrected chi connectivity index (χ4v) is 1.35. The number of pyridine rings is 1. The van der Waals surface area contributed by atoms with Crippen molar-refractivity contribution in [1.82, 2.24) is 10.3 Å². The molecule has 4 heteroatoms. The van der Waals surface area contributed by atoms with Crippen LogP contribution in [0.2, 0.25) is 0 Å². The molecule has 0 aliphatic heterocycles. The fraction of sp³-hybridized carbons (Fsp3) is 0.500. The number of carbonyl (C=O) groups excluding carboxylic acids is 1. The third kappa shape index (κ3) is 2.95. The van der Waals surface area contributed by atoms with Gasteiger partial charge >= 0.3 is 0 Å². The fourth-order valence-electron chi connectivity index (χ4n) is 1.35. The third-order valence-electron chi connectivity index (χ3n) is 2.54. The summed E-state index contributed by atoms with van der Waals surface area (Å²) in [5.74, 6) is -0.0776. The molecule has 0 aromatic carbocycles. The van der Waals surface area contributed by atoms with Crippen LogP contribution in [0.5, 0.6) is 0 Å². The molecule has 0 spiro atoms. The van der Waals surface area contributed by atoms with Gasteiger partial charge in [0.15, 0.2) is 0 Å². The minimum Gasteiger partial charge on any atom is -0.387 e. The third-order valence-corrected chi connectivity index (χ3v) is 2.54. The first-order chi connectivity index (χ1) is 7.58. The van der Waals surface area contributed by atoms with Crippen molar-refractivity contribution in [1.29, 1.82) is 0 Å². The zero-order valence-corrected chi connectivity index (χ0v) is 10.3. The summed E-state index contributed by atoms with van der Waals surface area (Å²) in [7, 11) is 1.80. The SMILES string of the molecule is CCC(C)NC(=O)c1cnc(C)cc1NC. The second-order valence-corrected chi connectivity index (χ2v) is 3.90. The minimum absolute atomic E-state index is 0.0776. The van der Waals surface area contributed by atoms with Crippen LogP contribution in [0.1, 0.15) is 36.3 Å². The lowest BCUT2D eigenvalue weighted by molar-refractivity contribution is 0.0939. The van der Waals surface area contributed by atoms with E-state index in [1.807, 2.05) is 26.8 Å². The topological polar surface area (TPSA) is 54.0 Å². The number of carbonyl (C=O) groups is 1. The van der Waals surface area contributed by atoms with Gasteiger partial charge in [-0.1, -0.05) is 6.92 Å². The smallest absolute Gasteiger partial charge is 0.255 e. The van der Waals surface area contributed by atoms with Crippen LogP contribution in [0.25, 0.3) is 0 Å². The zero-order valence-electron chi connectivity index (χ0n) is 10.3. The number of nitrogens with zero attached hydrogens (tertiary/aromatic N) is 1. The summed E-state index contributed by atoms with van der Waals surface area (Å²) >= 11 is 0. The molecule has 0 bridgehead atoms. The molecule has 0 radical (unpaired) electrons. The molecule has 1 aromatic rings. The number of aromatic nitrogens is 1. The van der Waals surface area contributed by atoms with Gasteiger partial charge in [0.25, 0.3) is 5.91 Å². The molecule has 16 heavy (non-hydrogen) atoms. The second kappa shape index (κ2) is 5.49. The standard InChI is InChI=1S/C12H19N3O/c1-5-8(2)15-12(16)10-7-14-9(3)6-11(10)13-4/h6-8H,5H2,1-4H3,(H,13,14)(H,15,16). The second-order valence-electron chi connectivity index (χ2n) is 3.90. The van der Waals surface area contributed by atoms with Gasteiger partial charge in [-0.05, 0) is 26.3 Å². The maximum atomic E-state index is 11.9. The summed E-state index contributed by atoms with van der Waals surface area (Å²) in [6, 6.07) is 2.05. The predicted molar refractivity (Wildman–Crippen MR) is 65.7 cm³/mol. The predicted octanol–water partition coefficient (Wildman–Crippen LogP) is 1.96. The van der Waals surface area contributed by atoms with Crippen molar-refractivity contribution in [3.8, 4) is 0 Å². The Hall–Kier alpha value is -1.58. The highest BCUT2D eigenvalue weighted by Gasteiger charge is 2.13. The van der Waals surface area contributed by atoms with Crippen LogP contribution in [0.3, 0.4) is 0 Å². The Morgan fingerprint density at radius 1 is 1.56 bits per heavy atom. The first-order valence-corrected chi connectivity index (χ1v) is 5.53. The van der Waals surface area contributed by atoms with E-state index in [0.29, 0.717) is 5.56 Å². The molecular weight excluding hydrogens is 202 g/mol. The minimum atomic E-state index is -0.0776. The van der Waals surface area contributed by atoms with Crippen LogP contribution in [-0.4, -0.2) is 24.0 Å². The number of hydrogen-bond acceptors (Lipinski definition) is 3. The molecular formula is C12H19N3O. The highest BCUT2D eigenvalue weighted by molar-refractivity contribution is 5.99. The number of hydrogen-bond donors (Lipinski definition) is 2. The first-order valence-electron chi connectivity index (χ1n) is 5.53. The van der Waals surface area contributed by atoms with Gasteiger partial charge in [-0.3, -0.25) is 9.78 Å². The largest absolute Gasteiger partial charge is 0.387 e. The van der Waals surface area contributed by atoms with Gasteiger partial charge in [0.1, 0.15) is 0 Å². The van der Waals surface area contributed by atoms with E-state index in [2.05, 4.69) is 15.6 Å². The highest BCUT2D eigenvalue weighted by Crippen LogP contribution is 2.15. The molecule has 88 valence electrons. The van der Waals surface area contributed by atoms with Crippen molar-refractivity contribution in [2.75, 3.05) is 12.4 Å². The lowest BCUT2D eigenvalue weighted by Gasteiger charge is -2.13. The van der Waals surface area contributed by atoms with Crippen molar-refractivity contribution >= 4 is 11.6 Å². The van der Waals surface area contributed by atoms with Gasteiger partial charge in [-0.25, -0.2) is 0 Å². The monoisotopic (exact) mass is 221 g/mol. The molecule has 0 aliphatic carbocycles. The number of rotatable bonds is 4. The van der Waals surface area contributed by atoms with E-state index >= 15 is 0 Å². The number of amides is 1. The Kier molecular flexibility index (Phi) is 4.28. The van der Waals surface area contributed by atoms with Crippen LogP contribution in [0.4, 0.5) is 5.69 Å². The van der Waals surface area contributed by atoms with E-state index in [1.165, 1.54) is 0 Å². The summed E-state index contributed by atoms with van der Waals surface area (Å²) < 4.78 is 0. The van der Waals surface area contributed by atoms with E-state index in [4.69, 9.17) is 0 Å². The van der Waals surface area contributed by atoms with Gasteiger partial charge in [-0.15, -0.1) is 0 Å². The molecule has 1 atom stereocenters. The Labute approximate surface area is 96.5 Å². The van der Waals surface area contributed by atoms with Gasteiger partial charge in [0, 0.05) is 25.0 Å². The molecule has 1 heterocycles. The van der Waals surface area contributed by atoms with Crippen LogP contribution >= 0.6 is 0 Å². The van der Waals surface area contributed by atoms with Crippen molar-refractivity contribution < 1.29 is 4.79 Å². The average molecular weight is 221 g/mol. The number of aryl methyl sites for hydroxylation is 1. The van der Waals surface area contributed by atoms with Gasteiger partial charge in [0.2, 0.25) is 0 Å². The van der Waals surface area contributed by atoms with Crippen molar-refractivity contribution in [3.63, 3.8) is 0 Å². The van der Waals surface area contributed by atoms with Crippen LogP contribution in [-0.2, 0) is 0 Å². The van der Waals surface area contributed by atoms with Crippen LogP contribution < -0.4 is 10.6 Å². The van der Waals surface area contributed by atoms with E-state index in [9.17, 15) is 4.79 Å². The lowest BCUT2D eigenvalue weighted by Crippen LogP contribution is -2.32. The molecule has 0 saturated carbocycles. The summed E-state index contributed by atoms with van der Waals surface area (Å²) in [5.41, 5.74) is 2.30. The molecule has 1 unspecified atom stereocenters. The van der Waals surface area contributed by atoms with E-state index in [-0.39, 0.29) is 11.9 Å². The molecule has 1 amide bonds. The van der Waals surface area contributed by atoms with Gasteiger partial charge in [-0.2, -0.15) is 0 Å². The maximum absolute atomic E-state index is 11.9. The molecule has 1 aromatic heterocycles. The summed E-state index contributed by atoms with van der Waals surface area (Å²) in [6.45, 7) is 5.92. The van der Waals surface area contributed by atoms with E-state index < -0.39 is 0 Å². The van der Waals surface area contributed by atoms with Crippen molar-refractivity contribution in [3.05, 3.63) is 23.5 Å². The Morgan fingerprint density at radius 2 is 2.25 bits per heavy atom. The number of nitrogens with one attached hydrogen (secondary N) is 2. The van der Waals surface area contributed by atoms with Crippen molar-refractivity contribution in [2.24, 2.45) is 0 Å². The molecule has 4 nitrogen and oxygen atoms in total. The Morgan fingerprint density at radius 3 is 2.81 bits per heavy atom. The summed E-state index contributed by atoms with van der Waals surface area (Å²) in [5, 5.41) is 5.93. The van der Waals surface area contributed by atoms with Crippen molar-refractivity contribution in [2.45, 2.75) is 33.2 Å². The quantitative estimate of drug-likeness (QED) is 0.817. The Balaban J connectivity index is 2.90.